The van der Waals surface area contributed by atoms with E-state index < -0.39 is 10.1 Å². The zero-order valence-electron chi connectivity index (χ0n) is 7.34. The number of nitrogens with zero attached hydrogens (tertiary/aromatic N) is 1. The van der Waals surface area contributed by atoms with Crippen molar-refractivity contribution in [1.29, 1.82) is 0 Å². The average molecular weight is 202 g/mol. The van der Waals surface area contributed by atoms with E-state index in [0.29, 0.717) is 0 Å². The van der Waals surface area contributed by atoms with Crippen LogP contribution in [-0.2, 0) is 16.7 Å². The van der Waals surface area contributed by atoms with E-state index in [1.807, 2.05) is 25.1 Å². The summed E-state index contributed by atoms with van der Waals surface area (Å²) in [6, 6.07) is 5.57. The molecule has 0 fully saturated rings. The van der Waals surface area contributed by atoms with E-state index in [-0.39, 0.29) is 12.3 Å². The molecule has 0 aliphatic heterocycles. The average Bonchev–Trinajstić information content (AvgIpc) is 2.01. The van der Waals surface area contributed by atoms with Gasteiger partial charge in [-0.2, -0.15) is 8.42 Å². The molecule has 1 heterocycles. The van der Waals surface area contributed by atoms with Crippen LogP contribution in [0.2, 0.25) is 0 Å². The zero-order valence-corrected chi connectivity index (χ0v) is 8.16. The van der Waals surface area contributed by atoms with Gasteiger partial charge in [-0.1, -0.05) is 6.07 Å². The van der Waals surface area contributed by atoms with Gasteiger partial charge < -0.3 is 0 Å². The zero-order chi connectivity index (χ0) is 9.90. The topological polar surface area (TPSA) is 58.2 Å². The van der Waals surface area contributed by atoms with E-state index in [0.717, 1.165) is 5.69 Å². The number of hydrogen-bond donors (Lipinski definition) is 1. The van der Waals surface area contributed by atoms with Crippen LogP contribution < -0.4 is 4.57 Å². The van der Waals surface area contributed by atoms with Gasteiger partial charge in [-0.15, -0.1) is 0 Å². The molecule has 0 aliphatic rings. The van der Waals surface area contributed by atoms with Crippen molar-refractivity contribution in [1.82, 2.24) is 0 Å². The Morgan fingerprint density at radius 1 is 1.46 bits per heavy atom. The van der Waals surface area contributed by atoms with Gasteiger partial charge in [-0.3, -0.25) is 4.55 Å². The highest BCUT2D eigenvalue weighted by atomic mass is 32.2. The molecule has 1 aromatic heterocycles. The lowest BCUT2D eigenvalue weighted by molar-refractivity contribution is -0.698. The summed E-state index contributed by atoms with van der Waals surface area (Å²) in [6.45, 7) is 2.16. The molecule has 0 aromatic carbocycles. The van der Waals surface area contributed by atoms with Crippen LogP contribution in [0.15, 0.2) is 24.4 Å². The third kappa shape index (κ3) is 3.52. The lowest BCUT2D eigenvalue weighted by atomic mass is 10.3. The Balaban J connectivity index is 2.71. The summed E-state index contributed by atoms with van der Waals surface area (Å²) in [4.78, 5) is 0. The predicted octanol–water partition coefficient (Wildman–Crippen LogP) is 0.170. The SMILES string of the molecule is Cc1cccc[n+]1CCS(=O)(=O)O. The highest BCUT2D eigenvalue weighted by Gasteiger charge is 2.10. The van der Waals surface area contributed by atoms with Crippen molar-refractivity contribution in [2.75, 3.05) is 5.75 Å². The predicted molar refractivity (Wildman–Crippen MR) is 47.8 cm³/mol. The standard InChI is InChI=1S/C8H11NO3S/c1-8-4-2-3-5-9(8)6-7-13(10,11)12/h2-5H,6-7H2,1H3/p+1. The van der Waals surface area contributed by atoms with Gasteiger partial charge in [0.15, 0.2) is 18.4 Å². The van der Waals surface area contributed by atoms with Crippen LogP contribution >= 0.6 is 0 Å². The number of rotatable bonds is 3. The van der Waals surface area contributed by atoms with Crippen molar-refractivity contribution in [2.45, 2.75) is 13.5 Å². The van der Waals surface area contributed by atoms with Gasteiger partial charge in [0.05, 0.1) is 0 Å². The third-order valence-corrected chi connectivity index (χ3v) is 2.46. The minimum Gasteiger partial charge on any atom is -0.285 e. The van der Waals surface area contributed by atoms with E-state index in [9.17, 15) is 8.42 Å². The van der Waals surface area contributed by atoms with Crippen molar-refractivity contribution in [2.24, 2.45) is 0 Å². The molecule has 0 amide bonds. The van der Waals surface area contributed by atoms with Crippen LogP contribution in [-0.4, -0.2) is 18.7 Å². The highest BCUT2D eigenvalue weighted by Crippen LogP contribution is 1.89. The molecule has 4 nitrogen and oxygen atoms in total. The summed E-state index contributed by atoms with van der Waals surface area (Å²) < 4.78 is 31.2. The van der Waals surface area contributed by atoms with Crippen molar-refractivity contribution >= 4 is 10.1 Å². The monoisotopic (exact) mass is 202 g/mol. The van der Waals surface area contributed by atoms with Gasteiger partial charge in [0, 0.05) is 19.1 Å². The minimum absolute atomic E-state index is 0.248. The molecule has 0 aliphatic carbocycles. The van der Waals surface area contributed by atoms with Gasteiger partial charge in [0.25, 0.3) is 10.1 Å². The Morgan fingerprint density at radius 3 is 2.69 bits per heavy atom. The van der Waals surface area contributed by atoms with Gasteiger partial charge in [0.1, 0.15) is 5.75 Å². The maximum atomic E-state index is 10.5. The summed E-state index contributed by atoms with van der Waals surface area (Å²) in [7, 11) is -3.86. The fourth-order valence-electron chi connectivity index (χ4n) is 1.03. The van der Waals surface area contributed by atoms with Crippen LogP contribution in [0, 0.1) is 6.92 Å². The lowest BCUT2D eigenvalue weighted by Crippen LogP contribution is -2.39. The molecule has 0 saturated carbocycles. The van der Waals surface area contributed by atoms with Crippen molar-refractivity contribution < 1.29 is 17.5 Å². The van der Waals surface area contributed by atoms with Crippen LogP contribution in [0.5, 0.6) is 0 Å². The first-order chi connectivity index (χ1) is 5.99. The fourth-order valence-corrected chi connectivity index (χ4v) is 1.45. The van der Waals surface area contributed by atoms with Crippen molar-refractivity contribution in [3.8, 4) is 0 Å². The first-order valence-electron chi connectivity index (χ1n) is 3.89. The molecule has 0 unspecified atom stereocenters. The van der Waals surface area contributed by atoms with Crippen molar-refractivity contribution in [3.63, 3.8) is 0 Å². The minimum atomic E-state index is -3.86. The highest BCUT2D eigenvalue weighted by molar-refractivity contribution is 7.85. The second kappa shape index (κ2) is 3.85. The van der Waals surface area contributed by atoms with Crippen LogP contribution in [0.4, 0.5) is 0 Å². The van der Waals surface area contributed by atoms with Crippen LogP contribution in [0.1, 0.15) is 5.69 Å². The summed E-state index contributed by atoms with van der Waals surface area (Å²) in [5.41, 5.74) is 0.964. The number of hydrogen-bond acceptors (Lipinski definition) is 2. The Hall–Kier alpha value is -0.940. The smallest absolute Gasteiger partial charge is 0.271 e. The maximum Gasteiger partial charge on any atom is 0.271 e. The van der Waals surface area contributed by atoms with E-state index in [4.69, 9.17) is 4.55 Å². The maximum absolute atomic E-state index is 10.5. The molecule has 0 bridgehead atoms. The van der Waals surface area contributed by atoms with E-state index >= 15 is 0 Å². The summed E-state index contributed by atoms with van der Waals surface area (Å²) in [5.74, 6) is -0.248. The fraction of sp³-hybridized carbons (Fsp3) is 0.375. The van der Waals surface area contributed by atoms with Gasteiger partial charge in [-0.25, -0.2) is 4.57 Å². The first kappa shape index (κ1) is 10.1. The molecular weight excluding hydrogens is 190 g/mol. The second-order valence-electron chi connectivity index (χ2n) is 2.82. The molecule has 0 saturated heterocycles. The molecule has 0 atom stereocenters. The van der Waals surface area contributed by atoms with E-state index in [2.05, 4.69) is 0 Å². The molecule has 5 heteroatoms. The Bertz CT molecular complexity index is 386. The summed E-state index contributed by atoms with van der Waals surface area (Å²) >= 11 is 0. The molecule has 1 N–H and O–H groups in total. The van der Waals surface area contributed by atoms with Gasteiger partial charge in [-0.05, 0) is 0 Å². The molecule has 1 aromatic rings. The largest absolute Gasteiger partial charge is 0.285 e. The van der Waals surface area contributed by atoms with E-state index in [1.54, 1.807) is 10.8 Å². The van der Waals surface area contributed by atoms with E-state index in [1.165, 1.54) is 0 Å². The Morgan fingerprint density at radius 2 is 2.15 bits per heavy atom. The summed E-state index contributed by atoms with van der Waals surface area (Å²) in [5, 5.41) is 0. The number of pyridine rings is 1. The Labute approximate surface area is 77.6 Å². The molecule has 72 valence electrons. The molecule has 1 rings (SSSR count). The molecule has 0 radical (unpaired) electrons. The quantitative estimate of drug-likeness (QED) is 0.561. The third-order valence-electron chi connectivity index (χ3n) is 1.76. The van der Waals surface area contributed by atoms with Crippen LogP contribution in [0.25, 0.3) is 0 Å². The molecule has 13 heavy (non-hydrogen) atoms. The lowest BCUT2D eigenvalue weighted by Gasteiger charge is -1.97. The number of aromatic nitrogens is 1. The molecule has 0 spiro atoms. The second-order valence-corrected chi connectivity index (χ2v) is 4.39. The van der Waals surface area contributed by atoms with Gasteiger partial charge >= 0.3 is 0 Å². The summed E-state index contributed by atoms with van der Waals surface area (Å²) in [6.07, 6.45) is 1.78. The molecular formula is C8H12NO3S+. The normalized spacial score (nSPS) is 11.5. The first-order valence-corrected chi connectivity index (χ1v) is 5.50. The number of aryl methyl sites for hydroxylation is 2. The van der Waals surface area contributed by atoms with Crippen molar-refractivity contribution in [3.05, 3.63) is 30.1 Å². The Kier molecular flexibility index (Phi) is 3.00. The van der Waals surface area contributed by atoms with Crippen LogP contribution in [0.3, 0.4) is 0 Å². The van der Waals surface area contributed by atoms with Gasteiger partial charge in [0.2, 0.25) is 0 Å².